The van der Waals surface area contributed by atoms with E-state index in [1.807, 2.05) is 30.3 Å². The number of nitrogens with zero attached hydrogens (tertiary/aromatic N) is 1. The van der Waals surface area contributed by atoms with Gasteiger partial charge in [-0.1, -0.05) is 42.5 Å². The van der Waals surface area contributed by atoms with E-state index in [0.717, 1.165) is 5.56 Å². The topological polar surface area (TPSA) is 81.9 Å². The van der Waals surface area contributed by atoms with Crippen molar-refractivity contribution in [3.63, 3.8) is 0 Å². The van der Waals surface area contributed by atoms with Gasteiger partial charge < -0.3 is 20.1 Å². The lowest BCUT2D eigenvalue weighted by atomic mass is 9.98. The summed E-state index contributed by atoms with van der Waals surface area (Å²) in [5.74, 6) is -0.0548. The number of esters is 1. The highest BCUT2D eigenvalue weighted by Gasteiger charge is 2.42. The van der Waals surface area contributed by atoms with E-state index in [1.54, 1.807) is 24.3 Å². The highest BCUT2D eigenvalue weighted by atomic mass is 16.5. The second kappa shape index (κ2) is 7.36. The predicted octanol–water partition coefficient (Wildman–Crippen LogP) is 1.65. The number of hydrogen-bond donors (Lipinski definition) is 1. The standard InChI is InChI=1S/C19H20N2O4/c1-24-19(23)17(21-11-16(20)18(21)22)14-7-9-15(10-8-14)25-12-13-5-3-2-4-6-13/h2-10,16-17H,11-12,20H2,1H3/t16-,17?/m0/s1. The van der Waals surface area contributed by atoms with Crippen LogP contribution < -0.4 is 10.5 Å². The lowest BCUT2D eigenvalue weighted by Gasteiger charge is -2.40. The number of carbonyl (C=O) groups excluding carboxylic acids is 2. The summed E-state index contributed by atoms with van der Waals surface area (Å²) >= 11 is 0. The highest BCUT2D eigenvalue weighted by Crippen LogP contribution is 2.29. The summed E-state index contributed by atoms with van der Waals surface area (Å²) in [6.07, 6.45) is 0. The number of hydrogen-bond acceptors (Lipinski definition) is 5. The number of benzene rings is 2. The normalized spacial score (nSPS) is 17.6. The minimum atomic E-state index is -0.777. The van der Waals surface area contributed by atoms with Crippen LogP contribution in [0.25, 0.3) is 0 Å². The summed E-state index contributed by atoms with van der Waals surface area (Å²) in [5, 5.41) is 0. The number of nitrogens with two attached hydrogens (primary N) is 1. The maximum absolute atomic E-state index is 12.1. The monoisotopic (exact) mass is 340 g/mol. The smallest absolute Gasteiger partial charge is 0.333 e. The minimum absolute atomic E-state index is 0.250. The van der Waals surface area contributed by atoms with Gasteiger partial charge >= 0.3 is 5.97 Å². The van der Waals surface area contributed by atoms with Crippen molar-refractivity contribution in [2.75, 3.05) is 13.7 Å². The number of β-lactam (4-membered cyclic amide) rings is 1. The van der Waals surface area contributed by atoms with E-state index in [1.165, 1.54) is 12.0 Å². The van der Waals surface area contributed by atoms with Crippen LogP contribution in [0.1, 0.15) is 17.2 Å². The van der Waals surface area contributed by atoms with Crippen molar-refractivity contribution >= 4 is 11.9 Å². The fourth-order valence-corrected chi connectivity index (χ4v) is 2.76. The maximum atomic E-state index is 12.1. The third kappa shape index (κ3) is 3.64. The first-order chi connectivity index (χ1) is 12.1. The molecule has 1 unspecified atom stereocenters. The van der Waals surface area contributed by atoms with Crippen LogP contribution in [0, 0.1) is 0 Å². The Bertz CT molecular complexity index is 746. The first kappa shape index (κ1) is 17.0. The summed E-state index contributed by atoms with van der Waals surface area (Å²) in [5.41, 5.74) is 7.36. The molecule has 0 saturated carbocycles. The van der Waals surface area contributed by atoms with Crippen LogP contribution in [-0.2, 0) is 20.9 Å². The zero-order chi connectivity index (χ0) is 17.8. The molecule has 0 aliphatic carbocycles. The SMILES string of the molecule is COC(=O)C(c1ccc(OCc2ccccc2)cc1)N1C[C@H](N)C1=O. The molecule has 2 aromatic carbocycles. The summed E-state index contributed by atoms with van der Waals surface area (Å²) in [6.45, 7) is 0.797. The zero-order valence-corrected chi connectivity index (χ0v) is 13.9. The van der Waals surface area contributed by atoms with Crippen LogP contribution in [0.2, 0.25) is 0 Å². The molecular formula is C19H20N2O4. The number of likely N-dealkylation sites (tertiary alicyclic amines) is 1. The Hall–Kier alpha value is -2.86. The van der Waals surface area contributed by atoms with Crippen molar-refractivity contribution in [2.24, 2.45) is 5.73 Å². The van der Waals surface area contributed by atoms with Crippen LogP contribution >= 0.6 is 0 Å². The molecule has 130 valence electrons. The molecule has 1 heterocycles. The van der Waals surface area contributed by atoms with Gasteiger partial charge in [-0.2, -0.15) is 0 Å². The van der Waals surface area contributed by atoms with Crippen molar-refractivity contribution in [2.45, 2.75) is 18.7 Å². The predicted molar refractivity (Wildman–Crippen MR) is 91.7 cm³/mol. The summed E-state index contributed by atoms with van der Waals surface area (Å²) < 4.78 is 10.6. The molecule has 1 fully saturated rings. The number of amides is 1. The largest absolute Gasteiger partial charge is 0.489 e. The summed E-state index contributed by atoms with van der Waals surface area (Å²) in [4.78, 5) is 25.4. The van der Waals surface area contributed by atoms with E-state index in [-0.39, 0.29) is 5.91 Å². The van der Waals surface area contributed by atoms with Gasteiger partial charge in [0, 0.05) is 6.54 Å². The first-order valence-corrected chi connectivity index (χ1v) is 8.00. The van der Waals surface area contributed by atoms with Crippen LogP contribution in [0.5, 0.6) is 5.75 Å². The number of ether oxygens (including phenoxy) is 2. The van der Waals surface area contributed by atoms with Crippen LogP contribution in [0.4, 0.5) is 0 Å². The van der Waals surface area contributed by atoms with Gasteiger partial charge in [-0.25, -0.2) is 4.79 Å². The number of rotatable bonds is 6. The first-order valence-electron chi connectivity index (χ1n) is 8.00. The zero-order valence-electron chi connectivity index (χ0n) is 13.9. The van der Waals surface area contributed by atoms with Crippen molar-refractivity contribution in [1.82, 2.24) is 4.90 Å². The third-order valence-corrected chi connectivity index (χ3v) is 4.17. The van der Waals surface area contributed by atoms with E-state index in [9.17, 15) is 9.59 Å². The average molecular weight is 340 g/mol. The Morgan fingerprint density at radius 1 is 1.20 bits per heavy atom. The van der Waals surface area contributed by atoms with Crippen molar-refractivity contribution in [1.29, 1.82) is 0 Å². The van der Waals surface area contributed by atoms with Gasteiger partial charge in [-0.15, -0.1) is 0 Å². The molecule has 2 atom stereocenters. The van der Waals surface area contributed by atoms with Gasteiger partial charge in [0.15, 0.2) is 6.04 Å². The molecule has 1 saturated heterocycles. The molecule has 25 heavy (non-hydrogen) atoms. The number of carbonyl (C=O) groups is 2. The number of methoxy groups -OCH3 is 1. The fourth-order valence-electron chi connectivity index (χ4n) is 2.76. The minimum Gasteiger partial charge on any atom is -0.489 e. The molecule has 1 aliphatic rings. The van der Waals surface area contributed by atoms with Gasteiger partial charge in [0.25, 0.3) is 0 Å². The second-order valence-corrected chi connectivity index (χ2v) is 5.87. The second-order valence-electron chi connectivity index (χ2n) is 5.87. The Balaban J connectivity index is 1.70. The molecule has 6 nitrogen and oxygen atoms in total. The van der Waals surface area contributed by atoms with Gasteiger partial charge in [-0.05, 0) is 23.3 Å². The Labute approximate surface area is 146 Å². The van der Waals surface area contributed by atoms with E-state index >= 15 is 0 Å². The summed E-state index contributed by atoms with van der Waals surface area (Å²) in [7, 11) is 1.30. The maximum Gasteiger partial charge on any atom is 0.333 e. The van der Waals surface area contributed by atoms with Crippen molar-refractivity contribution in [3.05, 3.63) is 65.7 Å². The van der Waals surface area contributed by atoms with Gasteiger partial charge in [0.2, 0.25) is 5.91 Å². The molecule has 3 rings (SSSR count). The molecule has 2 aromatic rings. The Morgan fingerprint density at radius 3 is 2.44 bits per heavy atom. The molecule has 6 heteroatoms. The van der Waals surface area contributed by atoms with E-state index in [4.69, 9.17) is 15.2 Å². The van der Waals surface area contributed by atoms with Gasteiger partial charge in [0.1, 0.15) is 18.4 Å². The quantitative estimate of drug-likeness (QED) is 0.639. The van der Waals surface area contributed by atoms with Crippen molar-refractivity contribution < 1.29 is 19.1 Å². The molecular weight excluding hydrogens is 320 g/mol. The molecule has 1 aliphatic heterocycles. The van der Waals surface area contributed by atoms with Gasteiger partial charge in [0.05, 0.1) is 7.11 Å². The van der Waals surface area contributed by atoms with Crippen molar-refractivity contribution in [3.8, 4) is 5.75 Å². The van der Waals surface area contributed by atoms with Crippen LogP contribution in [-0.4, -0.2) is 36.5 Å². The van der Waals surface area contributed by atoms with E-state index in [0.29, 0.717) is 24.5 Å². The molecule has 0 bridgehead atoms. The van der Waals surface area contributed by atoms with E-state index < -0.39 is 18.1 Å². The molecule has 1 amide bonds. The Kier molecular flexibility index (Phi) is 5.00. The average Bonchev–Trinajstić information content (AvgIpc) is 2.67. The van der Waals surface area contributed by atoms with Crippen LogP contribution in [0.15, 0.2) is 54.6 Å². The lowest BCUT2D eigenvalue weighted by Crippen LogP contribution is -2.62. The van der Waals surface area contributed by atoms with E-state index in [2.05, 4.69) is 0 Å². The van der Waals surface area contributed by atoms with Crippen LogP contribution in [0.3, 0.4) is 0 Å². The highest BCUT2D eigenvalue weighted by molar-refractivity contribution is 5.92. The molecule has 0 spiro atoms. The third-order valence-electron chi connectivity index (χ3n) is 4.17. The Morgan fingerprint density at radius 2 is 1.88 bits per heavy atom. The molecule has 2 N–H and O–H groups in total. The van der Waals surface area contributed by atoms with Gasteiger partial charge in [-0.3, -0.25) is 4.79 Å². The molecule has 0 radical (unpaired) electrons. The lowest BCUT2D eigenvalue weighted by molar-refractivity contribution is -0.160. The summed E-state index contributed by atoms with van der Waals surface area (Å²) in [6, 6.07) is 15.6. The molecule has 0 aromatic heterocycles. The fraction of sp³-hybridized carbons (Fsp3) is 0.263.